The molecule has 2 aromatic rings. The fourth-order valence-corrected chi connectivity index (χ4v) is 2.63. The van der Waals surface area contributed by atoms with Crippen molar-refractivity contribution in [1.82, 2.24) is 9.97 Å². The molecule has 120 valence electrons. The van der Waals surface area contributed by atoms with Crippen LogP contribution in [0, 0.1) is 6.92 Å². The summed E-state index contributed by atoms with van der Waals surface area (Å²) < 4.78 is 5.66. The number of hydrogen-bond acceptors (Lipinski definition) is 5. The van der Waals surface area contributed by atoms with Crippen molar-refractivity contribution >= 4 is 11.8 Å². The molecule has 0 aliphatic carbocycles. The van der Waals surface area contributed by atoms with Crippen LogP contribution in [-0.2, 0) is 6.61 Å². The van der Waals surface area contributed by atoms with Crippen molar-refractivity contribution < 1.29 is 14.6 Å². The third kappa shape index (κ3) is 3.77. The summed E-state index contributed by atoms with van der Waals surface area (Å²) >= 11 is 0. The highest BCUT2D eigenvalue weighted by atomic mass is 16.5. The Bertz CT molecular complexity index is 695. The lowest BCUT2D eigenvalue weighted by Gasteiger charge is -2.17. The highest BCUT2D eigenvalue weighted by Gasteiger charge is 2.15. The lowest BCUT2D eigenvalue weighted by molar-refractivity contribution is 0.0697. The Morgan fingerprint density at radius 1 is 1.22 bits per heavy atom. The lowest BCUT2D eigenvalue weighted by atomic mass is 10.2. The van der Waals surface area contributed by atoms with Crippen LogP contribution in [0.4, 0.5) is 5.82 Å². The van der Waals surface area contributed by atoms with Crippen molar-refractivity contribution in [2.75, 3.05) is 18.0 Å². The summed E-state index contributed by atoms with van der Waals surface area (Å²) in [6, 6.07) is 8.31. The number of hydrogen-bond donors (Lipinski definition) is 1. The summed E-state index contributed by atoms with van der Waals surface area (Å²) in [6.07, 6.45) is 2.40. The van der Waals surface area contributed by atoms with Gasteiger partial charge in [0.1, 0.15) is 18.2 Å². The molecule has 0 radical (unpaired) electrons. The molecule has 0 bridgehead atoms. The maximum Gasteiger partial charge on any atom is 0.335 e. The molecule has 3 rings (SSSR count). The van der Waals surface area contributed by atoms with E-state index in [1.807, 2.05) is 13.0 Å². The van der Waals surface area contributed by atoms with Gasteiger partial charge in [-0.15, -0.1) is 0 Å². The molecule has 1 saturated heterocycles. The highest BCUT2D eigenvalue weighted by molar-refractivity contribution is 5.87. The van der Waals surface area contributed by atoms with E-state index < -0.39 is 5.97 Å². The van der Waals surface area contributed by atoms with E-state index in [4.69, 9.17) is 9.84 Å². The molecule has 1 N–H and O–H groups in total. The smallest absolute Gasteiger partial charge is 0.335 e. The molecular weight excluding hydrogens is 294 g/mol. The van der Waals surface area contributed by atoms with Crippen LogP contribution in [-0.4, -0.2) is 34.1 Å². The van der Waals surface area contributed by atoms with Gasteiger partial charge in [0, 0.05) is 24.8 Å². The normalized spacial score (nSPS) is 14.0. The van der Waals surface area contributed by atoms with E-state index in [0.717, 1.165) is 24.6 Å². The van der Waals surface area contributed by atoms with Crippen LogP contribution in [0.25, 0.3) is 0 Å². The minimum Gasteiger partial charge on any atom is -0.486 e. The number of nitrogens with zero attached hydrogens (tertiary/aromatic N) is 3. The van der Waals surface area contributed by atoms with Gasteiger partial charge in [-0.25, -0.2) is 14.8 Å². The molecule has 2 heterocycles. The third-order valence-corrected chi connectivity index (χ3v) is 3.79. The Morgan fingerprint density at radius 3 is 2.57 bits per heavy atom. The van der Waals surface area contributed by atoms with E-state index >= 15 is 0 Å². The minimum atomic E-state index is -0.950. The van der Waals surface area contributed by atoms with Crippen molar-refractivity contribution in [2.24, 2.45) is 0 Å². The maximum absolute atomic E-state index is 10.8. The van der Waals surface area contributed by atoms with Crippen LogP contribution >= 0.6 is 0 Å². The molecule has 23 heavy (non-hydrogen) atoms. The molecule has 6 heteroatoms. The Balaban J connectivity index is 1.68. The zero-order valence-electron chi connectivity index (χ0n) is 13.0. The van der Waals surface area contributed by atoms with Crippen LogP contribution in [0.3, 0.4) is 0 Å². The zero-order chi connectivity index (χ0) is 16.2. The Kier molecular flexibility index (Phi) is 4.41. The first-order valence-corrected chi connectivity index (χ1v) is 7.67. The Hall–Kier alpha value is -2.63. The van der Waals surface area contributed by atoms with E-state index in [-0.39, 0.29) is 12.2 Å². The number of anilines is 1. The minimum absolute atomic E-state index is 0.237. The number of carbonyl (C=O) groups is 1. The standard InChI is InChI=1S/C17H19N3O3/c1-12-10-16(20-8-2-3-9-20)19-15(18-12)11-23-14-6-4-13(5-7-14)17(21)22/h4-7,10H,2-3,8-9,11H2,1H3,(H,21,22). The summed E-state index contributed by atoms with van der Waals surface area (Å²) in [6.45, 7) is 4.28. The van der Waals surface area contributed by atoms with Gasteiger partial charge in [-0.3, -0.25) is 0 Å². The lowest BCUT2D eigenvalue weighted by Crippen LogP contribution is -2.20. The molecule has 0 atom stereocenters. The molecule has 1 fully saturated rings. The predicted molar refractivity (Wildman–Crippen MR) is 85.9 cm³/mol. The molecule has 1 aliphatic heterocycles. The molecule has 1 aliphatic rings. The van der Waals surface area contributed by atoms with E-state index in [1.54, 1.807) is 12.1 Å². The second-order valence-electron chi connectivity index (χ2n) is 5.60. The summed E-state index contributed by atoms with van der Waals surface area (Å²) in [5, 5.41) is 8.88. The molecule has 0 amide bonds. The van der Waals surface area contributed by atoms with E-state index in [9.17, 15) is 4.79 Å². The monoisotopic (exact) mass is 313 g/mol. The zero-order valence-corrected chi connectivity index (χ0v) is 13.0. The maximum atomic E-state index is 10.8. The van der Waals surface area contributed by atoms with Crippen molar-refractivity contribution in [2.45, 2.75) is 26.4 Å². The first-order chi connectivity index (χ1) is 11.1. The van der Waals surface area contributed by atoms with Crippen LogP contribution in [0.1, 0.15) is 34.7 Å². The fourth-order valence-electron chi connectivity index (χ4n) is 2.63. The van der Waals surface area contributed by atoms with Crippen molar-refractivity contribution in [1.29, 1.82) is 0 Å². The molecule has 0 unspecified atom stereocenters. The van der Waals surface area contributed by atoms with Crippen LogP contribution < -0.4 is 9.64 Å². The van der Waals surface area contributed by atoms with Gasteiger partial charge in [0.15, 0.2) is 5.82 Å². The summed E-state index contributed by atoms with van der Waals surface area (Å²) in [5.41, 5.74) is 1.15. The van der Waals surface area contributed by atoms with Gasteiger partial charge in [0.05, 0.1) is 5.56 Å². The molecule has 0 saturated carbocycles. The summed E-state index contributed by atoms with van der Waals surface area (Å²) in [7, 11) is 0. The van der Waals surface area contributed by atoms with Gasteiger partial charge < -0.3 is 14.7 Å². The van der Waals surface area contributed by atoms with Crippen LogP contribution in [0.15, 0.2) is 30.3 Å². The van der Waals surface area contributed by atoms with Gasteiger partial charge >= 0.3 is 5.97 Å². The largest absolute Gasteiger partial charge is 0.486 e. The first-order valence-electron chi connectivity index (χ1n) is 7.67. The second kappa shape index (κ2) is 6.64. The summed E-state index contributed by atoms with van der Waals surface area (Å²) in [5.74, 6) is 1.24. The predicted octanol–water partition coefficient (Wildman–Crippen LogP) is 2.66. The SMILES string of the molecule is Cc1cc(N2CCCC2)nc(COc2ccc(C(=O)O)cc2)n1. The number of benzene rings is 1. The second-order valence-corrected chi connectivity index (χ2v) is 5.60. The number of carboxylic acids is 1. The average molecular weight is 313 g/mol. The van der Waals surface area contributed by atoms with Gasteiger partial charge in [0.25, 0.3) is 0 Å². The Labute approximate surface area is 134 Å². The Morgan fingerprint density at radius 2 is 1.91 bits per heavy atom. The van der Waals surface area contributed by atoms with Gasteiger partial charge in [-0.2, -0.15) is 0 Å². The van der Waals surface area contributed by atoms with Crippen molar-refractivity contribution in [3.05, 3.63) is 47.4 Å². The van der Waals surface area contributed by atoms with Crippen LogP contribution in [0.2, 0.25) is 0 Å². The molecule has 1 aromatic carbocycles. The average Bonchev–Trinajstić information content (AvgIpc) is 3.07. The van der Waals surface area contributed by atoms with E-state index in [2.05, 4.69) is 14.9 Å². The fraction of sp³-hybridized carbons (Fsp3) is 0.353. The van der Waals surface area contributed by atoms with Gasteiger partial charge in [-0.05, 0) is 44.0 Å². The van der Waals surface area contributed by atoms with E-state index in [1.165, 1.54) is 25.0 Å². The summed E-state index contributed by atoms with van der Waals surface area (Å²) in [4.78, 5) is 22.1. The quantitative estimate of drug-likeness (QED) is 0.914. The number of carboxylic acid groups (broad SMARTS) is 1. The number of rotatable bonds is 5. The number of ether oxygens (including phenoxy) is 1. The molecule has 6 nitrogen and oxygen atoms in total. The molecule has 0 spiro atoms. The van der Waals surface area contributed by atoms with Gasteiger partial charge in [0.2, 0.25) is 0 Å². The van der Waals surface area contributed by atoms with Crippen molar-refractivity contribution in [3.8, 4) is 5.75 Å². The number of aryl methyl sites for hydroxylation is 1. The number of aromatic nitrogens is 2. The van der Waals surface area contributed by atoms with Crippen molar-refractivity contribution in [3.63, 3.8) is 0 Å². The van der Waals surface area contributed by atoms with E-state index in [0.29, 0.717) is 11.6 Å². The third-order valence-electron chi connectivity index (χ3n) is 3.79. The molecule has 1 aromatic heterocycles. The molecular formula is C17H19N3O3. The number of aromatic carboxylic acids is 1. The van der Waals surface area contributed by atoms with Gasteiger partial charge in [-0.1, -0.05) is 0 Å². The topological polar surface area (TPSA) is 75.6 Å². The highest BCUT2D eigenvalue weighted by Crippen LogP contribution is 2.19. The van der Waals surface area contributed by atoms with Crippen LogP contribution in [0.5, 0.6) is 5.75 Å². The first kappa shape index (κ1) is 15.3.